The van der Waals surface area contributed by atoms with Crippen molar-refractivity contribution in [3.63, 3.8) is 0 Å². The van der Waals surface area contributed by atoms with Crippen LogP contribution in [-0.4, -0.2) is 33.1 Å². The molecule has 0 bridgehead atoms. The number of halogens is 2. The number of hydrogen-bond donors (Lipinski definition) is 1. The average Bonchev–Trinajstić information content (AvgIpc) is 2.67. The number of aromatic nitrogens is 2. The van der Waals surface area contributed by atoms with Crippen molar-refractivity contribution in [2.45, 2.75) is 51.7 Å². The Labute approximate surface area is 146 Å². The lowest BCUT2D eigenvalue weighted by Crippen LogP contribution is -2.42. The van der Waals surface area contributed by atoms with Crippen LogP contribution in [0.5, 0.6) is 0 Å². The molecular weight excluding hydrogens is 484 g/mol. The second-order valence-corrected chi connectivity index (χ2v) is 8.01. The van der Waals surface area contributed by atoms with Crippen LogP contribution in [0.2, 0.25) is 0 Å². The van der Waals surface area contributed by atoms with Crippen LogP contribution in [0.4, 0.5) is 4.79 Å². The van der Waals surface area contributed by atoms with E-state index in [1.807, 2.05) is 20.8 Å². The highest BCUT2D eigenvalue weighted by atomic mass is 127. The molecule has 2 heterocycles. The monoisotopic (exact) mass is 503 g/mol. The number of piperidine rings is 1. The first kappa shape index (κ1) is 16.3. The summed E-state index contributed by atoms with van der Waals surface area (Å²) in [5.74, 6) is 0.865. The van der Waals surface area contributed by atoms with Gasteiger partial charge in [-0.15, -0.1) is 0 Å². The van der Waals surface area contributed by atoms with E-state index >= 15 is 0 Å². The number of amides is 1. The first-order chi connectivity index (χ1) is 9.28. The Morgan fingerprint density at radius 1 is 1.40 bits per heavy atom. The molecule has 0 spiro atoms. The second-order valence-electron chi connectivity index (χ2n) is 5.91. The lowest BCUT2D eigenvalue weighted by atomic mass is 10.0. The minimum atomic E-state index is -0.467. The standard InChI is InChI=1S/C13H19I2N3O2/c1-13(2,3)20-12(19)18-7-5-4-6-8(18)11-16-9(14)10(15)17-11/h8H,4-7H2,1-3H3,(H,16,17)/t8-/m0/s1. The fraction of sp³-hybridized carbons (Fsp3) is 0.692. The molecule has 1 saturated heterocycles. The number of imidazole rings is 1. The van der Waals surface area contributed by atoms with E-state index in [4.69, 9.17) is 4.74 Å². The number of carbonyl (C=O) groups excluding carboxylic acids is 1. The van der Waals surface area contributed by atoms with E-state index in [0.29, 0.717) is 0 Å². The Hall–Kier alpha value is -0.0600. The number of hydrogen-bond acceptors (Lipinski definition) is 3. The summed E-state index contributed by atoms with van der Waals surface area (Å²) in [6.07, 6.45) is 2.81. The third-order valence-corrected chi connectivity index (χ3v) is 5.68. The van der Waals surface area contributed by atoms with E-state index in [1.54, 1.807) is 4.90 Å². The predicted molar refractivity (Wildman–Crippen MR) is 93.6 cm³/mol. The van der Waals surface area contributed by atoms with Crippen LogP contribution in [-0.2, 0) is 4.74 Å². The molecule has 5 nitrogen and oxygen atoms in total. The van der Waals surface area contributed by atoms with Gasteiger partial charge in [0, 0.05) is 6.54 Å². The molecular formula is C13H19I2N3O2. The Bertz CT molecular complexity index is 477. The van der Waals surface area contributed by atoms with Crippen molar-refractivity contribution in [3.8, 4) is 0 Å². The summed E-state index contributed by atoms with van der Waals surface area (Å²) in [6, 6.07) is -0.00404. The SMILES string of the molecule is CC(C)(C)OC(=O)N1CCCC[C@H]1c1nc(I)c(I)[nH]1. The summed E-state index contributed by atoms with van der Waals surface area (Å²) in [4.78, 5) is 22.0. The van der Waals surface area contributed by atoms with E-state index in [1.165, 1.54) is 0 Å². The van der Waals surface area contributed by atoms with E-state index in [9.17, 15) is 4.79 Å². The largest absolute Gasteiger partial charge is 0.444 e. The maximum absolute atomic E-state index is 12.3. The van der Waals surface area contributed by atoms with Gasteiger partial charge in [0.05, 0.1) is 6.04 Å². The number of nitrogens with zero attached hydrogens (tertiary/aromatic N) is 2. The number of aromatic amines is 1. The molecule has 0 aromatic carbocycles. The molecule has 2 rings (SSSR count). The van der Waals surface area contributed by atoms with E-state index in [2.05, 4.69) is 55.1 Å². The average molecular weight is 503 g/mol. The van der Waals surface area contributed by atoms with Crippen LogP contribution in [0.3, 0.4) is 0 Å². The van der Waals surface area contributed by atoms with Crippen molar-refractivity contribution in [2.24, 2.45) is 0 Å². The topological polar surface area (TPSA) is 58.2 Å². The zero-order valence-electron chi connectivity index (χ0n) is 11.9. The van der Waals surface area contributed by atoms with Crippen LogP contribution >= 0.6 is 45.2 Å². The molecule has 1 fully saturated rings. The van der Waals surface area contributed by atoms with Crippen molar-refractivity contribution in [1.29, 1.82) is 0 Å². The number of rotatable bonds is 1. The smallest absolute Gasteiger partial charge is 0.410 e. The van der Waals surface area contributed by atoms with Gasteiger partial charge >= 0.3 is 6.09 Å². The molecule has 1 aromatic rings. The van der Waals surface area contributed by atoms with Gasteiger partial charge in [-0.2, -0.15) is 0 Å². The van der Waals surface area contributed by atoms with Crippen molar-refractivity contribution in [3.05, 3.63) is 13.2 Å². The Balaban J connectivity index is 2.19. The lowest BCUT2D eigenvalue weighted by Gasteiger charge is -2.35. The molecule has 1 aliphatic rings. The van der Waals surface area contributed by atoms with Crippen molar-refractivity contribution >= 4 is 51.3 Å². The summed E-state index contributed by atoms with van der Waals surface area (Å²) in [5, 5.41) is 0. The minimum absolute atomic E-state index is 0.00404. The first-order valence-corrected chi connectivity index (χ1v) is 8.84. The van der Waals surface area contributed by atoms with Gasteiger partial charge in [-0.3, -0.25) is 4.90 Å². The van der Waals surface area contributed by atoms with Crippen LogP contribution in [0.15, 0.2) is 0 Å². The summed E-state index contributed by atoms with van der Waals surface area (Å²) in [6.45, 7) is 6.40. The normalized spacial score (nSPS) is 20.1. The zero-order valence-corrected chi connectivity index (χ0v) is 16.2. The third kappa shape index (κ3) is 3.99. The number of ether oxygens (including phenoxy) is 1. The van der Waals surface area contributed by atoms with Gasteiger partial charge in [0.2, 0.25) is 0 Å². The predicted octanol–water partition coefficient (Wildman–Crippen LogP) is 4.08. The molecule has 20 heavy (non-hydrogen) atoms. The highest BCUT2D eigenvalue weighted by molar-refractivity contribution is 14.1. The van der Waals surface area contributed by atoms with Crippen molar-refractivity contribution in [2.75, 3.05) is 6.54 Å². The van der Waals surface area contributed by atoms with Crippen LogP contribution < -0.4 is 0 Å². The molecule has 0 saturated carbocycles. The first-order valence-electron chi connectivity index (χ1n) is 6.68. The Morgan fingerprint density at radius 2 is 2.10 bits per heavy atom. The molecule has 0 aliphatic carbocycles. The van der Waals surface area contributed by atoms with E-state index < -0.39 is 5.60 Å². The fourth-order valence-corrected chi connectivity index (χ4v) is 3.05. The van der Waals surface area contributed by atoms with E-state index in [0.717, 1.165) is 39.0 Å². The Morgan fingerprint density at radius 3 is 2.65 bits per heavy atom. The molecule has 1 amide bonds. The van der Waals surface area contributed by atoms with Crippen LogP contribution in [0.1, 0.15) is 51.9 Å². The molecule has 1 N–H and O–H groups in total. The van der Waals surface area contributed by atoms with Gasteiger partial charge < -0.3 is 9.72 Å². The number of H-pyrrole nitrogens is 1. The zero-order chi connectivity index (χ0) is 14.9. The molecule has 7 heteroatoms. The van der Waals surface area contributed by atoms with Crippen molar-refractivity contribution < 1.29 is 9.53 Å². The maximum Gasteiger partial charge on any atom is 0.410 e. The fourth-order valence-electron chi connectivity index (χ4n) is 2.26. The number of likely N-dealkylation sites (tertiary alicyclic amines) is 1. The summed E-state index contributed by atoms with van der Waals surface area (Å²) < 4.78 is 7.48. The number of carbonyl (C=O) groups is 1. The molecule has 112 valence electrons. The molecule has 1 atom stereocenters. The lowest BCUT2D eigenvalue weighted by molar-refractivity contribution is 0.00852. The summed E-state index contributed by atoms with van der Waals surface area (Å²) in [5.41, 5.74) is -0.467. The molecule has 1 aliphatic heterocycles. The van der Waals surface area contributed by atoms with Gasteiger partial charge in [0.25, 0.3) is 0 Å². The minimum Gasteiger partial charge on any atom is -0.444 e. The Kier molecular flexibility index (Phi) is 5.19. The van der Waals surface area contributed by atoms with Gasteiger partial charge in [-0.25, -0.2) is 9.78 Å². The van der Waals surface area contributed by atoms with E-state index in [-0.39, 0.29) is 12.1 Å². The van der Waals surface area contributed by atoms with Crippen LogP contribution in [0, 0.1) is 7.40 Å². The quantitative estimate of drug-likeness (QED) is 0.589. The van der Waals surface area contributed by atoms with Crippen molar-refractivity contribution in [1.82, 2.24) is 14.9 Å². The third-order valence-electron chi connectivity index (χ3n) is 3.08. The highest BCUT2D eigenvalue weighted by Crippen LogP contribution is 2.31. The summed E-state index contributed by atoms with van der Waals surface area (Å²) in [7, 11) is 0. The molecule has 0 unspecified atom stereocenters. The van der Waals surface area contributed by atoms with Gasteiger partial charge in [0.1, 0.15) is 18.8 Å². The molecule has 1 aromatic heterocycles. The maximum atomic E-state index is 12.3. The molecule has 0 radical (unpaired) electrons. The van der Waals surface area contributed by atoms with Gasteiger partial charge in [-0.1, -0.05) is 0 Å². The highest BCUT2D eigenvalue weighted by Gasteiger charge is 2.33. The van der Waals surface area contributed by atoms with Gasteiger partial charge in [-0.05, 0) is 85.2 Å². The second kappa shape index (κ2) is 6.37. The summed E-state index contributed by atoms with van der Waals surface area (Å²) >= 11 is 4.43. The van der Waals surface area contributed by atoms with Gasteiger partial charge in [0.15, 0.2) is 0 Å². The number of nitrogens with one attached hydrogen (secondary N) is 1. The van der Waals surface area contributed by atoms with Crippen LogP contribution in [0.25, 0.3) is 0 Å².